The topological polar surface area (TPSA) is 102 Å². The quantitative estimate of drug-likeness (QED) is 0.218. The zero-order chi connectivity index (χ0) is 30.7. The minimum Gasteiger partial charge on any atom is -0.467 e. The van der Waals surface area contributed by atoms with Crippen LogP contribution in [0.25, 0.3) is 0 Å². The number of aliphatic hydroxyl groups is 1. The van der Waals surface area contributed by atoms with Gasteiger partial charge in [0.1, 0.15) is 20.4 Å². The van der Waals surface area contributed by atoms with Gasteiger partial charge in [-0.15, -0.1) is 0 Å². The fourth-order valence-electron chi connectivity index (χ4n) is 10.7. The molecule has 4 fully saturated rings. The Kier molecular flexibility index (Phi) is 11.8. The predicted octanol–water partition coefficient (Wildman–Crippen LogP) is 5.03. The van der Waals surface area contributed by atoms with Crippen molar-refractivity contribution in [1.82, 2.24) is 0 Å². The number of ether oxygens (including phenoxy) is 7. The molecule has 0 saturated heterocycles. The Bertz CT molecular complexity index is 870. The lowest BCUT2D eigenvalue weighted by atomic mass is 9.40. The van der Waals surface area contributed by atoms with Crippen molar-refractivity contribution < 1.29 is 43.1 Å². The fraction of sp³-hybridized carbons (Fsp3) is 0.970. The lowest BCUT2D eigenvalue weighted by molar-refractivity contribution is -0.267. The summed E-state index contributed by atoms with van der Waals surface area (Å²) in [5.74, 6) is 1.92. The monoisotopic (exact) mass is 598 g/mol. The normalized spacial score (nSPS) is 42.7. The van der Waals surface area contributed by atoms with Crippen molar-refractivity contribution in [2.24, 2.45) is 52.3 Å². The van der Waals surface area contributed by atoms with Gasteiger partial charge in [-0.25, -0.2) is 4.79 Å². The van der Waals surface area contributed by atoms with Crippen LogP contribution >= 0.6 is 0 Å². The van der Waals surface area contributed by atoms with Crippen molar-refractivity contribution in [3.05, 3.63) is 0 Å². The SMILES string of the molecule is CC[C@H]1[C@@H](OCOC)[C@@H]2[C@H](C[C@H](OCOC)[C@]3(C)[C@@H](C(C)CC(O)C(=O)OC)CC[C@@H]23)[C@@]2(C)CC[C@@H](OCOC)C[C@@H]12. The first-order chi connectivity index (χ1) is 20.1. The van der Waals surface area contributed by atoms with Crippen LogP contribution in [0.1, 0.15) is 79.1 Å². The van der Waals surface area contributed by atoms with Crippen LogP contribution in [0.15, 0.2) is 0 Å². The Morgan fingerprint density at radius 1 is 0.881 bits per heavy atom. The number of carbonyl (C=O) groups excluding carboxylic acids is 1. The lowest BCUT2D eigenvalue weighted by Gasteiger charge is -2.66. The molecule has 1 N–H and O–H groups in total. The van der Waals surface area contributed by atoms with Gasteiger partial charge >= 0.3 is 5.97 Å². The average molecular weight is 599 g/mol. The molecule has 0 aromatic carbocycles. The summed E-state index contributed by atoms with van der Waals surface area (Å²) < 4.78 is 40.6. The highest BCUT2D eigenvalue weighted by Crippen LogP contribution is 2.70. The molecule has 0 heterocycles. The molecule has 0 aliphatic heterocycles. The molecule has 13 atom stereocenters. The van der Waals surface area contributed by atoms with E-state index in [0.29, 0.717) is 42.8 Å². The number of aliphatic hydroxyl groups excluding tert-OH is 1. The first kappa shape index (κ1) is 34.1. The second-order valence-corrected chi connectivity index (χ2v) is 14.1. The van der Waals surface area contributed by atoms with E-state index in [4.69, 9.17) is 33.2 Å². The molecule has 0 bridgehead atoms. The Balaban J connectivity index is 1.72. The van der Waals surface area contributed by atoms with Gasteiger partial charge in [0.15, 0.2) is 6.10 Å². The summed E-state index contributed by atoms with van der Waals surface area (Å²) in [5, 5.41) is 10.6. The minimum atomic E-state index is -1.12. The van der Waals surface area contributed by atoms with Gasteiger partial charge in [-0.3, -0.25) is 0 Å². The van der Waals surface area contributed by atoms with Crippen molar-refractivity contribution in [3.63, 3.8) is 0 Å². The van der Waals surface area contributed by atoms with Crippen molar-refractivity contribution in [2.75, 3.05) is 48.8 Å². The van der Waals surface area contributed by atoms with Gasteiger partial charge in [0.2, 0.25) is 0 Å². The van der Waals surface area contributed by atoms with Gasteiger partial charge < -0.3 is 38.3 Å². The summed E-state index contributed by atoms with van der Waals surface area (Å²) in [5.41, 5.74) is -0.00407. The van der Waals surface area contributed by atoms with E-state index < -0.39 is 12.1 Å². The Hall–Kier alpha value is -0.810. The smallest absolute Gasteiger partial charge is 0.334 e. The molecule has 0 aromatic rings. The molecule has 0 amide bonds. The third-order valence-corrected chi connectivity index (χ3v) is 12.4. The van der Waals surface area contributed by atoms with E-state index in [9.17, 15) is 9.90 Å². The largest absolute Gasteiger partial charge is 0.467 e. The summed E-state index contributed by atoms with van der Waals surface area (Å²) in [6.45, 7) is 10.3. The molecule has 4 rings (SSSR count). The third kappa shape index (κ3) is 6.18. The van der Waals surface area contributed by atoms with Gasteiger partial charge in [0.05, 0.1) is 25.4 Å². The maximum Gasteiger partial charge on any atom is 0.334 e. The van der Waals surface area contributed by atoms with Crippen LogP contribution in [0.4, 0.5) is 0 Å². The highest BCUT2D eigenvalue weighted by Gasteiger charge is 2.68. The number of hydrogen-bond donors (Lipinski definition) is 1. The lowest BCUT2D eigenvalue weighted by Crippen LogP contribution is -2.66. The first-order valence-electron chi connectivity index (χ1n) is 16.2. The molecule has 4 aliphatic rings. The van der Waals surface area contributed by atoms with Gasteiger partial charge in [-0.2, -0.15) is 0 Å². The molecule has 244 valence electrons. The van der Waals surface area contributed by atoms with E-state index in [1.807, 2.05) is 0 Å². The number of carbonyl (C=O) groups is 1. The van der Waals surface area contributed by atoms with Crippen LogP contribution in [-0.2, 0) is 38.0 Å². The van der Waals surface area contributed by atoms with Gasteiger partial charge in [0.25, 0.3) is 0 Å². The van der Waals surface area contributed by atoms with E-state index in [1.54, 1.807) is 21.3 Å². The highest BCUT2D eigenvalue weighted by atomic mass is 16.7. The van der Waals surface area contributed by atoms with E-state index >= 15 is 0 Å². The van der Waals surface area contributed by atoms with Crippen LogP contribution < -0.4 is 0 Å². The molecule has 0 spiro atoms. The van der Waals surface area contributed by atoms with Crippen LogP contribution in [0, 0.1) is 52.3 Å². The highest BCUT2D eigenvalue weighted by molar-refractivity contribution is 5.74. The molecular weight excluding hydrogens is 540 g/mol. The van der Waals surface area contributed by atoms with Crippen LogP contribution in [-0.4, -0.2) is 84.3 Å². The molecular formula is C33H58O9. The molecule has 4 aliphatic carbocycles. The molecule has 9 nitrogen and oxygen atoms in total. The zero-order valence-electron chi connectivity index (χ0n) is 27.3. The first-order valence-corrected chi connectivity index (χ1v) is 16.2. The third-order valence-electron chi connectivity index (χ3n) is 12.4. The Morgan fingerprint density at radius 3 is 2.19 bits per heavy atom. The van der Waals surface area contributed by atoms with Gasteiger partial charge in [-0.05, 0) is 91.8 Å². The molecule has 42 heavy (non-hydrogen) atoms. The second kappa shape index (κ2) is 14.5. The van der Waals surface area contributed by atoms with E-state index in [-0.39, 0.29) is 54.6 Å². The van der Waals surface area contributed by atoms with E-state index in [2.05, 4.69) is 27.7 Å². The molecule has 2 unspecified atom stereocenters. The maximum absolute atomic E-state index is 12.1. The van der Waals surface area contributed by atoms with Crippen molar-refractivity contribution in [1.29, 1.82) is 0 Å². The summed E-state index contributed by atoms with van der Waals surface area (Å²) >= 11 is 0. The Morgan fingerprint density at radius 2 is 1.55 bits per heavy atom. The van der Waals surface area contributed by atoms with Crippen LogP contribution in [0.3, 0.4) is 0 Å². The standard InChI is InChI=1S/C33H58O9/c1-9-22-25-15-21(40-17-36-5)12-13-32(25,3)26-16-28(41-18-37-6)33(4)23(20(2)14-27(34)31(35)39-8)10-11-24(33)29(26)30(22)42-19-38-7/h20-30,34H,9-19H2,1-8H3/t20?,21-,22-,23-,24+,25+,26+,27?,28+,29+,30-,32+,33-/m1/s1. The van der Waals surface area contributed by atoms with E-state index in [1.165, 1.54) is 7.11 Å². The number of fused-ring (bicyclic) bond motifs is 5. The summed E-state index contributed by atoms with van der Waals surface area (Å²) in [6, 6.07) is 0. The van der Waals surface area contributed by atoms with Gasteiger partial charge in [-0.1, -0.05) is 34.1 Å². The maximum atomic E-state index is 12.1. The predicted molar refractivity (Wildman–Crippen MR) is 157 cm³/mol. The van der Waals surface area contributed by atoms with Crippen molar-refractivity contribution >= 4 is 5.97 Å². The van der Waals surface area contributed by atoms with Crippen LogP contribution in [0.5, 0.6) is 0 Å². The number of methoxy groups -OCH3 is 4. The Labute approximate surface area is 253 Å². The van der Waals surface area contributed by atoms with Crippen molar-refractivity contribution in [3.8, 4) is 0 Å². The molecule has 0 aromatic heterocycles. The number of hydrogen-bond acceptors (Lipinski definition) is 9. The summed E-state index contributed by atoms with van der Waals surface area (Å²) in [6.07, 6.45) is 6.85. The number of rotatable bonds is 14. The average Bonchev–Trinajstić information content (AvgIpc) is 3.35. The molecule has 0 radical (unpaired) electrons. The molecule has 9 heteroatoms. The van der Waals surface area contributed by atoms with Crippen LogP contribution in [0.2, 0.25) is 0 Å². The molecule has 4 saturated carbocycles. The number of esters is 1. The van der Waals surface area contributed by atoms with Crippen molar-refractivity contribution in [2.45, 2.75) is 103 Å². The summed E-state index contributed by atoms with van der Waals surface area (Å²) in [4.78, 5) is 12.1. The zero-order valence-corrected chi connectivity index (χ0v) is 27.3. The second-order valence-electron chi connectivity index (χ2n) is 14.1. The van der Waals surface area contributed by atoms with E-state index in [0.717, 1.165) is 44.9 Å². The fourth-order valence-corrected chi connectivity index (χ4v) is 10.7. The summed E-state index contributed by atoms with van der Waals surface area (Å²) in [7, 11) is 6.41. The van der Waals surface area contributed by atoms with Gasteiger partial charge in [0, 0.05) is 26.7 Å². The minimum absolute atomic E-state index is 0.00936.